The molecule has 136 valence electrons. The highest BCUT2D eigenvalue weighted by molar-refractivity contribution is 5.94. The van der Waals surface area contributed by atoms with E-state index in [9.17, 15) is 4.79 Å². The van der Waals surface area contributed by atoms with E-state index >= 15 is 0 Å². The number of rotatable bonds is 4. The van der Waals surface area contributed by atoms with E-state index in [0.717, 1.165) is 51.2 Å². The fraction of sp³-hybridized carbons (Fsp3) is 0.421. The number of carbonyl (C=O) groups excluding carboxylic acids is 1. The van der Waals surface area contributed by atoms with Crippen LogP contribution in [0.1, 0.15) is 29.3 Å². The first-order valence-electron chi connectivity index (χ1n) is 9.17. The summed E-state index contributed by atoms with van der Waals surface area (Å²) >= 11 is 0. The van der Waals surface area contributed by atoms with Crippen LogP contribution in [0.15, 0.2) is 43.2 Å². The molecule has 0 atom stereocenters. The minimum absolute atomic E-state index is 0.0984. The molecule has 1 saturated heterocycles. The van der Waals surface area contributed by atoms with Gasteiger partial charge in [-0.3, -0.25) is 14.4 Å². The van der Waals surface area contributed by atoms with E-state index < -0.39 is 0 Å². The fourth-order valence-corrected chi connectivity index (χ4v) is 3.48. The Labute approximate surface area is 152 Å². The number of aromatic nitrogens is 4. The van der Waals surface area contributed by atoms with Gasteiger partial charge in [-0.15, -0.1) is 0 Å². The van der Waals surface area contributed by atoms with Crippen LogP contribution in [0.3, 0.4) is 0 Å². The minimum Gasteiger partial charge on any atom is -0.337 e. The summed E-state index contributed by atoms with van der Waals surface area (Å²) < 4.78 is 3.85. The van der Waals surface area contributed by atoms with Gasteiger partial charge >= 0.3 is 0 Å². The van der Waals surface area contributed by atoms with Gasteiger partial charge in [0.25, 0.3) is 5.91 Å². The molecule has 7 nitrogen and oxygen atoms in total. The average molecular weight is 352 g/mol. The number of amides is 1. The van der Waals surface area contributed by atoms with Gasteiger partial charge in [-0.2, -0.15) is 5.10 Å². The second kappa shape index (κ2) is 7.29. The lowest BCUT2D eigenvalue weighted by Gasteiger charge is -2.22. The number of hydrogen-bond acceptors (Lipinski definition) is 4. The van der Waals surface area contributed by atoms with E-state index in [1.54, 1.807) is 12.5 Å². The van der Waals surface area contributed by atoms with Gasteiger partial charge in [0, 0.05) is 57.2 Å². The summed E-state index contributed by atoms with van der Waals surface area (Å²) in [6, 6.07) is 3.83. The molecule has 0 saturated carbocycles. The van der Waals surface area contributed by atoms with Crippen molar-refractivity contribution < 1.29 is 4.79 Å². The molecule has 7 heteroatoms. The molecule has 4 rings (SSSR count). The second-order valence-electron chi connectivity index (χ2n) is 6.77. The highest BCUT2D eigenvalue weighted by Crippen LogP contribution is 2.13. The Bertz CT molecular complexity index is 898. The molecule has 3 aromatic heterocycles. The van der Waals surface area contributed by atoms with Crippen molar-refractivity contribution in [3.63, 3.8) is 0 Å². The quantitative estimate of drug-likeness (QED) is 0.720. The molecule has 0 radical (unpaired) electrons. The molecule has 1 amide bonds. The molecule has 4 heterocycles. The van der Waals surface area contributed by atoms with Crippen molar-refractivity contribution in [3.8, 4) is 0 Å². The normalized spacial score (nSPS) is 16.1. The smallest absolute Gasteiger partial charge is 0.255 e. The van der Waals surface area contributed by atoms with Crippen LogP contribution in [0.25, 0.3) is 5.52 Å². The van der Waals surface area contributed by atoms with Crippen molar-refractivity contribution >= 4 is 11.4 Å². The standard InChI is InChI=1S/C19H24N6O/c1-2-25-13-16(10-21-25)12-22-6-3-7-23(9-8-22)19(26)17-4-5-18-11-20-15-24(18)14-17/h4-5,10-11,13-15H,2-3,6-9,12H2,1H3. The number of carbonyl (C=O) groups is 1. The fourth-order valence-electron chi connectivity index (χ4n) is 3.48. The van der Waals surface area contributed by atoms with Gasteiger partial charge < -0.3 is 9.30 Å². The predicted molar refractivity (Wildman–Crippen MR) is 98.9 cm³/mol. The zero-order valence-electron chi connectivity index (χ0n) is 15.1. The molecular weight excluding hydrogens is 328 g/mol. The molecule has 0 unspecified atom stereocenters. The summed E-state index contributed by atoms with van der Waals surface area (Å²) in [4.78, 5) is 21.4. The number of nitrogens with zero attached hydrogens (tertiary/aromatic N) is 6. The van der Waals surface area contributed by atoms with Crippen LogP contribution in [-0.4, -0.2) is 61.1 Å². The molecule has 1 aliphatic heterocycles. The predicted octanol–water partition coefficient (Wildman–Crippen LogP) is 1.90. The molecule has 1 aliphatic rings. The maximum absolute atomic E-state index is 12.9. The van der Waals surface area contributed by atoms with Gasteiger partial charge in [0.05, 0.1) is 29.8 Å². The average Bonchev–Trinajstić information content (AvgIpc) is 3.25. The van der Waals surface area contributed by atoms with Gasteiger partial charge in [0.2, 0.25) is 0 Å². The Morgan fingerprint density at radius 2 is 2.04 bits per heavy atom. The first-order valence-corrected chi connectivity index (χ1v) is 9.17. The van der Waals surface area contributed by atoms with Crippen molar-refractivity contribution in [1.29, 1.82) is 0 Å². The third-order valence-electron chi connectivity index (χ3n) is 4.95. The highest BCUT2D eigenvalue weighted by Gasteiger charge is 2.21. The van der Waals surface area contributed by atoms with Crippen molar-refractivity contribution in [1.82, 2.24) is 29.0 Å². The number of aryl methyl sites for hydroxylation is 1. The Morgan fingerprint density at radius 3 is 2.88 bits per heavy atom. The second-order valence-corrected chi connectivity index (χ2v) is 6.77. The zero-order valence-corrected chi connectivity index (χ0v) is 15.1. The van der Waals surface area contributed by atoms with Gasteiger partial charge in [0.15, 0.2) is 0 Å². The molecule has 26 heavy (non-hydrogen) atoms. The Kier molecular flexibility index (Phi) is 4.71. The number of hydrogen-bond donors (Lipinski definition) is 0. The van der Waals surface area contributed by atoms with Crippen LogP contribution in [0, 0.1) is 0 Å². The van der Waals surface area contributed by atoms with E-state index in [1.165, 1.54) is 5.56 Å². The van der Waals surface area contributed by atoms with Crippen LogP contribution in [-0.2, 0) is 13.1 Å². The van der Waals surface area contributed by atoms with Crippen molar-refractivity contribution in [2.75, 3.05) is 26.2 Å². The van der Waals surface area contributed by atoms with Crippen molar-refractivity contribution in [2.24, 2.45) is 0 Å². The summed E-state index contributed by atoms with van der Waals surface area (Å²) in [6.07, 6.45) is 10.4. The van der Waals surface area contributed by atoms with Gasteiger partial charge in [-0.1, -0.05) is 0 Å². The van der Waals surface area contributed by atoms with Crippen LogP contribution in [0.2, 0.25) is 0 Å². The summed E-state index contributed by atoms with van der Waals surface area (Å²) in [5, 5.41) is 4.34. The lowest BCUT2D eigenvalue weighted by Crippen LogP contribution is -2.35. The first kappa shape index (κ1) is 16.8. The molecule has 1 fully saturated rings. The zero-order chi connectivity index (χ0) is 17.9. The van der Waals surface area contributed by atoms with Crippen LogP contribution < -0.4 is 0 Å². The van der Waals surface area contributed by atoms with E-state index in [1.807, 2.05) is 38.5 Å². The topological polar surface area (TPSA) is 58.7 Å². The molecule has 0 spiro atoms. The largest absolute Gasteiger partial charge is 0.337 e. The van der Waals surface area contributed by atoms with Gasteiger partial charge in [-0.05, 0) is 25.5 Å². The Balaban J connectivity index is 1.40. The molecule has 0 aromatic carbocycles. The van der Waals surface area contributed by atoms with Crippen molar-refractivity contribution in [3.05, 3.63) is 54.4 Å². The molecular formula is C19H24N6O. The number of pyridine rings is 1. The summed E-state index contributed by atoms with van der Waals surface area (Å²) in [6.45, 7) is 7.31. The van der Waals surface area contributed by atoms with E-state index in [0.29, 0.717) is 5.56 Å². The van der Waals surface area contributed by atoms with Crippen LogP contribution in [0.5, 0.6) is 0 Å². The Morgan fingerprint density at radius 1 is 1.12 bits per heavy atom. The number of imidazole rings is 1. The first-order chi connectivity index (χ1) is 12.7. The van der Waals surface area contributed by atoms with E-state index in [4.69, 9.17) is 0 Å². The minimum atomic E-state index is 0.0984. The molecule has 0 aliphatic carbocycles. The van der Waals surface area contributed by atoms with Gasteiger partial charge in [0.1, 0.15) is 0 Å². The third kappa shape index (κ3) is 3.48. The third-order valence-corrected chi connectivity index (χ3v) is 4.95. The van der Waals surface area contributed by atoms with Gasteiger partial charge in [-0.25, -0.2) is 4.98 Å². The van der Waals surface area contributed by atoms with Crippen LogP contribution in [0.4, 0.5) is 0 Å². The number of fused-ring (bicyclic) bond motifs is 1. The Hall–Kier alpha value is -2.67. The molecule has 0 bridgehead atoms. The highest BCUT2D eigenvalue weighted by atomic mass is 16.2. The summed E-state index contributed by atoms with van der Waals surface area (Å²) in [7, 11) is 0. The maximum Gasteiger partial charge on any atom is 0.255 e. The molecule has 3 aromatic rings. The maximum atomic E-state index is 12.9. The summed E-state index contributed by atoms with van der Waals surface area (Å²) in [5.41, 5.74) is 2.95. The SMILES string of the molecule is CCn1cc(CN2CCCN(C(=O)c3ccc4cncn4c3)CC2)cn1. The van der Waals surface area contributed by atoms with Crippen LogP contribution >= 0.6 is 0 Å². The summed E-state index contributed by atoms with van der Waals surface area (Å²) in [5.74, 6) is 0.0984. The lowest BCUT2D eigenvalue weighted by atomic mass is 10.2. The van der Waals surface area contributed by atoms with E-state index in [-0.39, 0.29) is 5.91 Å². The van der Waals surface area contributed by atoms with E-state index in [2.05, 4.69) is 28.1 Å². The lowest BCUT2D eigenvalue weighted by molar-refractivity contribution is 0.0760. The monoisotopic (exact) mass is 352 g/mol. The molecule has 0 N–H and O–H groups in total. The van der Waals surface area contributed by atoms with Crippen molar-refractivity contribution in [2.45, 2.75) is 26.4 Å².